The molecule has 1 amide bonds. The third-order valence-electron chi connectivity index (χ3n) is 4.36. The first-order valence-electron chi connectivity index (χ1n) is 8.81. The number of benzene rings is 2. The minimum absolute atomic E-state index is 0.151. The molecular formula is C21H26FNO3. The van der Waals surface area contributed by atoms with Gasteiger partial charge in [0.25, 0.3) is 5.91 Å². The van der Waals surface area contributed by atoms with Crippen LogP contribution in [0.4, 0.5) is 4.39 Å². The SMILES string of the molecule is CCCCOc1ccc(C(=O)NCC(C)(OC)c2ccccc2F)cc1. The topological polar surface area (TPSA) is 47.6 Å². The lowest BCUT2D eigenvalue weighted by molar-refractivity contribution is 0.000388. The highest BCUT2D eigenvalue weighted by atomic mass is 19.1. The monoisotopic (exact) mass is 359 g/mol. The summed E-state index contributed by atoms with van der Waals surface area (Å²) in [5.41, 5.74) is -0.0354. The van der Waals surface area contributed by atoms with E-state index < -0.39 is 5.60 Å². The van der Waals surface area contributed by atoms with Crippen molar-refractivity contribution < 1.29 is 18.7 Å². The fourth-order valence-electron chi connectivity index (χ4n) is 2.56. The molecule has 0 saturated carbocycles. The number of ether oxygens (including phenoxy) is 2. The van der Waals surface area contributed by atoms with Crippen LogP contribution in [-0.4, -0.2) is 26.2 Å². The number of nitrogens with one attached hydrogen (secondary N) is 1. The largest absolute Gasteiger partial charge is 0.494 e. The molecule has 4 nitrogen and oxygen atoms in total. The Hall–Kier alpha value is -2.40. The van der Waals surface area contributed by atoms with Crippen molar-refractivity contribution in [1.29, 1.82) is 0 Å². The quantitative estimate of drug-likeness (QED) is 0.679. The van der Waals surface area contributed by atoms with Crippen molar-refractivity contribution in [2.24, 2.45) is 0 Å². The summed E-state index contributed by atoms with van der Waals surface area (Å²) < 4.78 is 25.2. The number of hydrogen-bond acceptors (Lipinski definition) is 3. The highest BCUT2D eigenvalue weighted by Gasteiger charge is 2.29. The highest BCUT2D eigenvalue weighted by molar-refractivity contribution is 5.94. The molecule has 5 heteroatoms. The zero-order valence-electron chi connectivity index (χ0n) is 15.5. The van der Waals surface area contributed by atoms with E-state index in [1.165, 1.54) is 13.2 Å². The van der Waals surface area contributed by atoms with Crippen molar-refractivity contribution in [3.8, 4) is 5.75 Å². The van der Waals surface area contributed by atoms with Crippen LogP contribution in [0.3, 0.4) is 0 Å². The molecule has 0 bridgehead atoms. The zero-order valence-corrected chi connectivity index (χ0v) is 15.5. The van der Waals surface area contributed by atoms with Crippen LogP contribution in [-0.2, 0) is 10.3 Å². The van der Waals surface area contributed by atoms with Crippen LogP contribution in [0.15, 0.2) is 48.5 Å². The van der Waals surface area contributed by atoms with Gasteiger partial charge in [-0.05, 0) is 43.7 Å². The lowest BCUT2D eigenvalue weighted by Gasteiger charge is -2.29. The van der Waals surface area contributed by atoms with Crippen LogP contribution < -0.4 is 10.1 Å². The zero-order chi connectivity index (χ0) is 19.0. The van der Waals surface area contributed by atoms with Crippen LogP contribution >= 0.6 is 0 Å². The molecule has 1 atom stereocenters. The molecule has 2 aromatic carbocycles. The Balaban J connectivity index is 1.99. The van der Waals surface area contributed by atoms with Crippen LogP contribution in [0.25, 0.3) is 0 Å². The van der Waals surface area contributed by atoms with Gasteiger partial charge in [0.1, 0.15) is 17.2 Å². The Morgan fingerprint density at radius 3 is 2.46 bits per heavy atom. The molecule has 0 aliphatic heterocycles. The minimum atomic E-state index is -0.954. The van der Waals surface area contributed by atoms with Gasteiger partial charge in [-0.2, -0.15) is 0 Å². The molecule has 0 aliphatic carbocycles. The van der Waals surface area contributed by atoms with Crippen molar-refractivity contribution in [1.82, 2.24) is 5.32 Å². The third-order valence-corrected chi connectivity index (χ3v) is 4.36. The molecule has 140 valence electrons. The van der Waals surface area contributed by atoms with E-state index in [2.05, 4.69) is 12.2 Å². The normalized spacial score (nSPS) is 13.1. The second kappa shape index (κ2) is 9.34. The average molecular weight is 359 g/mol. The fraction of sp³-hybridized carbons (Fsp3) is 0.381. The van der Waals surface area contributed by atoms with Gasteiger partial charge in [-0.3, -0.25) is 4.79 Å². The van der Waals surface area contributed by atoms with E-state index in [1.54, 1.807) is 49.4 Å². The number of halogens is 1. The van der Waals surface area contributed by atoms with Crippen molar-refractivity contribution in [3.63, 3.8) is 0 Å². The van der Waals surface area contributed by atoms with Crippen LogP contribution in [0.2, 0.25) is 0 Å². The molecule has 1 N–H and O–H groups in total. The Kier molecular flexibility index (Phi) is 7.16. The maximum Gasteiger partial charge on any atom is 0.251 e. The van der Waals surface area contributed by atoms with E-state index >= 15 is 0 Å². The highest BCUT2D eigenvalue weighted by Crippen LogP contribution is 2.26. The number of hydrogen-bond donors (Lipinski definition) is 1. The Labute approximate surface area is 154 Å². The second-order valence-corrected chi connectivity index (χ2v) is 6.32. The molecule has 1 unspecified atom stereocenters. The Bertz CT molecular complexity index is 717. The lowest BCUT2D eigenvalue weighted by Crippen LogP contribution is -2.40. The van der Waals surface area contributed by atoms with Gasteiger partial charge in [0, 0.05) is 18.2 Å². The van der Waals surface area contributed by atoms with Gasteiger partial charge in [-0.25, -0.2) is 4.39 Å². The summed E-state index contributed by atoms with van der Waals surface area (Å²) in [6, 6.07) is 13.4. The van der Waals surface area contributed by atoms with Gasteiger partial charge in [-0.15, -0.1) is 0 Å². The summed E-state index contributed by atoms with van der Waals surface area (Å²) in [7, 11) is 1.50. The van der Waals surface area contributed by atoms with Gasteiger partial charge in [0.2, 0.25) is 0 Å². The summed E-state index contributed by atoms with van der Waals surface area (Å²) in [4.78, 5) is 12.4. The first kappa shape index (κ1) is 19.9. The van der Waals surface area contributed by atoms with Crippen LogP contribution in [0.5, 0.6) is 5.75 Å². The number of amides is 1. The van der Waals surface area contributed by atoms with Gasteiger partial charge in [-0.1, -0.05) is 31.5 Å². The number of rotatable bonds is 9. The van der Waals surface area contributed by atoms with E-state index in [4.69, 9.17) is 9.47 Å². The summed E-state index contributed by atoms with van der Waals surface area (Å²) in [6.45, 7) is 4.66. The van der Waals surface area contributed by atoms with E-state index in [1.807, 2.05) is 0 Å². The predicted molar refractivity (Wildman–Crippen MR) is 99.9 cm³/mol. The Morgan fingerprint density at radius 1 is 1.15 bits per heavy atom. The first-order chi connectivity index (χ1) is 12.5. The number of carbonyl (C=O) groups is 1. The van der Waals surface area contributed by atoms with Crippen LogP contribution in [0.1, 0.15) is 42.6 Å². The smallest absolute Gasteiger partial charge is 0.251 e. The van der Waals surface area contributed by atoms with Crippen molar-refractivity contribution in [2.45, 2.75) is 32.3 Å². The van der Waals surface area contributed by atoms with Gasteiger partial charge < -0.3 is 14.8 Å². The molecule has 0 aliphatic rings. The first-order valence-corrected chi connectivity index (χ1v) is 8.81. The summed E-state index contributed by atoms with van der Waals surface area (Å²) in [5.74, 6) is 0.132. The van der Waals surface area contributed by atoms with Crippen molar-refractivity contribution in [2.75, 3.05) is 20.3 Å². The molecule has 0 saturated heterocycles. The average Bonchev–Trinajstić information content (AvgIpc) is 2.67. The molecule has 0 spiro atoms. The molecule has 0 radical (unpaired) electrons. The molecule has 0 heterocycles. The van der Waals surface area contributed by atoms with Crippen molar-refractivity contribution >= 4 is 5.91 Å². The summed E-state index contributed by atoms with van der Waals surface area (Å²) in [6.07, 6.45) is 2.06. The molecular weight excluding hydrogens is 333 g/mol. The number of methoxy groups -OCH3 is 1. The van der Waals surface area contributed by atoms with E-state index in [0.29, 0.717) is 17.7 Å². The standard InChI is InChI=1S/C21H26FNO3/c1-4-5-14-26-17-12-10-16(11-13-17)20(24)23-15-21(2,25-3)18-8-6-7-9-19(18)22/h6-13H,4-5,14-15H2,1-3H3,(H,23,24). The minimum Gasteiger partial charge on any atom is -0.494 e. The lowest BCUT2D eigenvalue weighted by atomic mass is 9.95. The van der Waals surface area contributed by atoms with E-state index in [0.717, 1.165) is 18.6 Å². The third kappa shape index (κ3) is 5.05. The fourth-order valence-corrected chi connectivity index (χ4v) is 2.56. The summed E-state index contributed by atoms with van der Waals surface area (Å²) in [5, 5.41) is 2.82. The van der Waals surface area contributed by atoms with Gasteiger partial charge in [0.15, 0.2) is 0 Å². The number of carbonyl (C=O) groups excluding carboxylic acids is 1. The van der Waals surface area contributed by atoms with Crippen molar-refractivity contribution in [3.05, 3.63) is 65.5 Å². The second-order valence-electron chi connectivity index (χ2n) is 6.32. The molecule has 26 heavy (non-hydrogen) atoms. The molecule has 0 fully saturated rings. The van der Waals surface area contributed by atoms with Gasteiger partial charge >= 0.3 is 0 Å². The van der Waals surface area contributed by atoms with Gasteiger partial charge in [0.05, 0.1) is 13.2 Å². The van der Waals surface area contributed by atoms with Crippen LogP contribution in [0, 0.1) is 5.82 Å². The summed E-state index contributed by atoms with van der Waals surface area (Å²) >= 11 is 0. The molecule has 0 aromatic heterocycles. The number of unbranched alkanes of at least 4 members (excludes halogenated alkanes) is 1. The molecule has 2 aromatic rings. The maximum atomic E-state index is 14.1. The Morgan fingerprint density at radius 2 is 1.85 bits per heavy atom. The van der Waals surface area contributed by atoms with E-state index in [9.17, 15) is 9.18 Å². The predicted octanol–water partition coefficient (Wildman–Crippen LogP) is 4.30. The maximum absolute atomic E-state index is 14.1. The van der Waals surface area contributed by atoms with E-state index in [-0.39, 0.29) is 18.3 Å². The molecule has 2 rings (SSSR count).